The van der Waals surface area contributed by atoms with E-state index >= 15 is 0 Å². The Morgan fingerprint density at radius 1 is 0.851 bits per heavy atom. The molecular weight excluding hydrogens is 627 g/mol. The third kappa shape index (κ3) is 7.93. The number of halogens is 3. The molecule has 3 heterocycles. The Labute approximate surface area is 279 Å². The normalized spacial score (nSPS) is 18.9. The first-order chi connectivity index (χ1) is 22.7. The zero-order valence-corrected chi connectivity index (χ0v) is 27.7. The van der Waals surface area contributed by atoms with Gasteiger partial charge >= 0.3 is 12.3 Å². The van der Waals surface area contributed by atoms with Crippen LogP contribution in [0.2, 0.25) is 0 Å². The van der Waals surface area contributed by atoms with E-state index in [0.29, 0.717) is 38.5 Å². The van der Waals surface area contributed by atoms with Crippen molar-refractivity contribution in [3.8, 4) is 5.75 Å². The Morgan fingerprint density at radius 3 is 2.26 bits per heavy atom. The molecule has 252 valence electrons. The van der Waals surface area contributed by atoms with Gasteiger partial charge in [-0.3, -0.25) is 4.90 Å². The average molecular weight is 670 g/mol. The number of hydrogen-bond acceptors (Lipinski definition) is 8. The zero-order chi connectivity index (χ0) is 33.0. The van der Waals surface area contributed by atoms with Crippen LogP contribution in [-0.4, -0.2) is 106 Å². The monoisotopic (exact) mass is 669 g/mol. The maximum atomic E-state index is 13.5. The third-order valence-electron chi connectivity index (χ3n) is 9.20. The predicted molar refractivity (Wildman–Crippen MR) is 179 cm³/mol. The minimum atomic E-state index is -4.38. The lowest BCUT2D eigenvalue weighted by atomic mass is 10.1. The van der Waals surface area contributed by atoms with Crippen LogP contribution in [0.15, 0.2) is 76.5 Å². The summed E-state index contributed by atoms with van der Waals surface area (Å²) in [7, 11) is 1.66. The van der Waals surface area contributed by atoms with Crippen molar-refractivity contribution in [2.24, 2.45) is 0 Å². The fourth-order valence-electron chi connectivity index (χ4n) is 6.57. The Hall–Kier alpha value is -3.61. The number of carbonyl (C=O) groups is 1. The van der Waals surface area contributed by atoms with Crippen molar-refractivity contribution in [1.29, 1.82) is 0 Å². The van der Waals surface area contributed by atoms with Crippen LogP contribution < -0.4 is 14.5 Å². The molecule has 0 saturated carbocycles. The fraction of sp³-hybridized carbons (Fsp3) is 0.457. The lowest BCUT2D eigenvalue weighted by Gasteiger charge is -2.41. The lowest BCUT2D eigenvalue weighted by molar-refractivity contribution is -0.137. The Bertz CT molecular complexity index is 1520. The van der Waals surface area contributed by atoms with Crippen molar-refractivity contribution in [1.82, 2.24) is 14.7 Å². The van der Waals surface area contributed by atoms with E-state index in [9.17, 15) is 18.0 Å². The second-order valence-corrected chi connectivity index (χ2v) is 13.3. The maximum absolute atomic E-state index is 13.5. The number of anilines is 3. The lowest BCUT2D eigenvalue weighted by Crippen LogP contribution is -2.54. The average Bonchev–Trinajstić information content (AvgIpc) is 3.08. The summed E-state index contributed by atoms with van der Waals surface area (Å²) >= 11 is 1.52. The molecule has 0 bridgehead atoms. The van der Waals surface area contributed by atoms with Crippen molar-refractivity contribution in [3.05, 3.63) is 72.3 Å². The Balaban J connectivity index is 0.921. The van der Waals surface area contributed by atoms with Gasteiger partial charge in [0.05, 0.1) is 24.0 Å². The fourth-order valence-corrected chi connectivity index (χ4v) is 7.65. The molecule has 2 saturated heterocycles. The summed E-state index contributed by atoms with van der Waals surface area (Å²) in [6, 6.07) is 20.1. The van der Waals surface area contributed by atoms with Crippen LogP contribution in [-0.2, 0) is 10.9 Å². The van der Waals surface area contributed by atoms with Gasteiger partial charge in [0.25, 0.3) is 0 Å². The number of hydrogen-bond donors (Lipinski definition) is 0. The first-order valence-corrected chi connectivity index (χ1v) is 17.0. The van der Waals surface area contributed by atoms with E-state index in [0.717, 1.165) is 72.6 Å². The van der Waals surface area contributed by atoms with Gasteiger partial charge in [0.15, 0.2) is 0 Å². The van der Waals surface area contributed by atoms with Gasteiger partial charge in [-0.05, 0) is 74.5 Å². The first-order valence-electron chi connectivity index (χ1n) is 16.2. The highest BCUT2D eigenvalue weighted by Gasteiger charge is 2.33. The molecule has 6 rings (SSSR count). The molecule has 1 amide bonds. The number of methoxy groups -OCH3 is 1. The number of fused-ring (bicyclic) bond motifs is 2. The molecule has 3 aliphatic heterocycles. The highest BCUT2D eigenvalue weighted by Crippen LogP contribution is 2.49. The molecule has 3 aromatic carbocycles. The van der Waals surface area contributed by atoms with Crippen LogP contribution >= 0.6 is 11.8 Å². The standard InChI is InChI=1S/C35H42F3N5O3S/c1-26-25-41(20-21-42(26)28-9-11-29(45-2)12-10-28)34(44)46-23-22-40-18-16-39(17-19-40)14-5-15-43-30-6-3-4-7-32(30)47-33-13-8-27(24-31(33)43)35(36,37)38/h3-4,6-13,24,26H,5,14-23,25H2,1-2H3. The molecule has 0 spiro atoms. The van der Waals surface area contributed by atoms with Crippen LogP contribution in [0.5, 0.6) is 5.75 Å². The van der Waals surface area contributed by atoms with Crippen molar-refractivity contribution < 1.29 is 27.4 Å². The van der Waals surface area contributed by atoms with Crippen LogP contribution in [0.3, 0.4) is 0 Å². The van der Waals surface area contributed by atoms with Crippen molar-refractivity contribution in [2.75, 3.05) is 89.0 Å². The summed E-state index contributed by atoms with van der Waals surface area (Å²) in [6.45, 7) is 10.2. The number of carbonyl (C=O) groups excluding carboxylic acids is 1. The predicted octanol–water partition coefficient (Wildman–Crippen LogP) is 6.67. The Morgan fingerprint density at radius 2 is 1.55 bits per heavy atom. The second kappa shape index (κ2) is 14.7. The number of para-hydroxylation sites is 1. The van der Waals surface area contributed by atoms with Crippen molar-refractivity contribution in [2.45, 2.75) is 35.4 Å². The number of amides is 1. The molecule has 3 aromatic rings. The summed E-state index contributed by atoms with van der Waals surface area (Å²) in [5.41, 5.74) is 2.07. The van der Waals surface area contributed by atoms with Gasteiger partial charge in [0.1, 0.15) is 12.4 Å². The Kier molecular flexibility index (Phi) is 10.4. The van der Waals surface area contributed by atoms with Gasteiger partial charge in [-0.2, -0.15) is 13.2 Å². The topological polar surface area (TPSA) is 51.7 Å². The van der Waals surface area contributed by atoms with Crippen LogP contribution in [0.4, 0.5) is 35.0 Å². The van der Waals surface area contributed by atoms with E-state index in [2.05, 4.69) is 21.6 Å². The highest BCUT2D eigenvalue weighted by molar-refractivity contribution is 7.99. The van der Waals surface area contributed by atoms with E-state index in [1.807, 2.05) is 53.4 Å². The number of benzene rings is 3. The molecule has 8 nitrogen and oxygen atoms in total. The number of alkyl halides is 3. The summed E-state index contributed by atoms with van der Waals surface area (Å²) in [5.74, 6) is 0.823. The number of piperazine rings is 2. The quantitative estimate of drug-likeness (QED) is 0.251. The van der Waals surface area contributed by atoms with Gasteiger partial charge in [-0.1, -0.05) is 23.9 Å². The van der Waals surface area contributed by atoms with Gasteiger partial charge in [0.2, 0.25) is 0 Å². The summed E-state index contributed by atoms with van der Waals surface area (Å²) in [6.07, 6.45) is -3.81. The third-order valence-corrected chi connectivity index (χ3v) is 10.3. The second-order valence-electron chi connectivity index (χ2n) is 12.2. The summed E-state index contributed by atoms with van der Waals surface area (Å²) < 4.78 is 51.6. The molecule has 0 aromatic heterocycles. The molecule has 12 heteroatoms. The molecule has 47 heavy (non-hydrogen) atoms. The zero-order valence-electron chi connectivity index (χ0n) is 26.9. The first kappa shape index (κ1) is 33.3. The van der Waals surface area contributed by atoms with Crippen LogP contribution in [0.1, 0.15) is 18.9 Å². The van der Waals surface area contributed by atoms with E-state index in [1.54, 1.807) is 18.1 Å². The van der Waals surface area contributed by atoms with Crippen molar-refractivity contribution in [3.63, 3.8) is 0 Å². The molecule has 0 aliphatic carbocycles. The minimum absolute atomic E-state index is 0.174. The number of rotatable bonds is 9. The molecule has 3 aliphatic rings. The van der Waals surface area contributed by atoms with Gasteiger partial charge in [-0.15, -0.1) is 0 Å². The molecule has 0 N–H and O–H groups in total. The highest BCUT2D eigenvalue weighted by atomic mass is 32.2. The van der Waals surface area contributed by atoms with Crippen LogP contribution in [0, 0.1) is 0 Å². The van der Waals surface area contributed by atoms with Gasteiger partial charge < -0.3 is 29.1 Å². The minimum Gasteiger partial charge on any atom is -0.497 e. The van der Waals surface area contributed by atoms with E-state index in [1.165, 1.54) is 23.9 Å². The van der Waals surface area contributed by atoms with E-state index in [-0.39, 0.29) is 12.1 Å². The molecule has 1 atom stereocenters. The summed E-state index contributed by atoms with van der Waals surface area (Å²) in [5, 5.41) is 0. The molecule has 1 unspecified atom stereocenters. The van der Waals surface area contributed by atoms with Crippen LogP contribution in [0.25, 0.3) is 0 Å². The molecule has 0 radical (unpaired) electrons. The van der Waals surface area contributed by atoms with E-state index < -0.39 is 11.7 Å². The summed E-state index contributed by atoms with van der Waals surface area (Å²) in [4.78, 5) is 25.6. The number of ether oxygens (including phenoxy) is 2. The molecule has 2 fully saturated rings. The largest absolute Gasteiger partial charge is 0.497 e. The smallest absolute Gasteiger partial charge is 0.416 e. The van der Waals surface area contributed by atoms with E-state index in [4.69, 9.17) is 9.47 Å². The van der Waals surface area contributed by atoms with Gasteiger partial charge in [0, 0.05) is 80.4 Å². The van der Waals surface area contributed by atoms with Gasteiger partial charge in [-0.25, -0.2) is 4.79 Å². The SMILES string of the molecule is COc1ccc(N2CCN(C(=O)OCCN3CCN(CCCN4c5ccccc5Sc5ccc(C(F)(F)F)cc54)CC3)CC2C)cc1. The maximum Gasteiger partial charge on any atom is 0.416 e. The van der Waals surface area contributed by atoms with Crippen molar-refractivity contribution >= 4 is 34.9 Å². The molecular formula is C35H42F3N5O3S. The number of nitrogens with zero attached hydrogens (tertiary/aromatic N) is 5.